The molecular formula is C21H22ClF3N2O. The maximum Gasteiger partial charge on any atom is 0.416 e. The van der Waals surface area contributed by atoms with Crippen molar-refractivity contribution in [3.8, 4) is 0 Å². The van der Waals surface area contributed by atoms with E-state index in [1.165, 1.54) is 17.2 Å². The molecule has 28 heavy (non-hydrogen) atoms. The Bertz CT molecular complexity index is 856. The Morgan fingerprint density at radius 3 is 2.71 bits per heavy atom. The van der Waals surface area contributed by atoms with Crippen LogP contribution in [-0.2, 0) is 17.4 Å². The number of benzene rings is 2. The van der Waals surface area contributed by atoms with Gasteiger partial charge in [-0.05, 0) is 48.1 Å². The molecule has 0 saturated heterocycles. The molecule has 2 aliphatic rings. The van der Waals surface area contributed by atoms with Crippen molar-refractivity contribution in [2.75, 3.05) is 13.1 Å². The van der Waals surface area contributed by atoms with E-state index in [4.69, 9.17) is 0 Å². The van der Waals surface area contributed by atoms with Crippen LogP contribution in [0.4, 0.5) is 13.2 Å². The minimum atomic E-state index is -4.36. The highest BCUT2D eigenvalue weighted by Gasteiger charge is 2.44. The lowest BCUT2D eigenvalue weighted by molar-refractivity contribution is -0.137. The molecule has 3 unspecified atom stereocenters. The molecule has 2 aromatic carbocycles. The first-order valence-electron chi connectivity index (χ1n) is 9.19. The van der Waals surface area contributed by atoms with Gasteiger partial charge in [0.05, 0.1) is 5.56 Å². The van der Waals surface area contributed by atoms with E-state index in [0.29, 0.717) is 18.5 Å². The van der Waals surface area contributed by atoms with Crippen molar-refractivity contribution in [3.05, 3.63) is 70.8 Å². The molecule has 2 aromatic rings. The van der Waals surface area contributed by atoms with Crippen molar-refractivity contribution in [2.24, 2.45) is 5.92 Å². The highest BCUT2D eigenvalue weighted by molar-refractivity contribution is 5.85. The molecule has 0 bridgehead atoms. The van der Waals surface area contributed by atoms with Gasteiger partial charge in [-0.15, -0.1) is 12.4 Å². The van der Waals surface area contributed by atoms with Gasteiger partial charge in [-0.25, -0.2) is 0 Å². The van der Waals surface area contributed by atoms with E-state index in [0.717, 1.165) is 25.1 Å². The third-order valence-electron chi connectivity index (χ3n) is 5.47. The van der Waals surface area contributed by atoms with Crippen LogP contribution in [0.5, 0.6) is 0 Å². The number of halogens is 4. The van der Waals surface area contributed by atoms with Crippen molar-refractivity contribution in [1.29, 1.82) is 0 Å². The third-order valence-corrected chi connectivity index (χ3v) is 5.47. The summed E-state index contributed by atoms with van der Waals surface area (Å²) in [7, 11) is 0. The predicted octanol–water partition coefficient (Wildman–Crippen LogP) is 4.23. The fourth-order valence-corrected chi connectivity index (χ4v) is 3.91. The molecule has 3 atom stereocenters. The number of hydrogen-bond acceptors (Lipinski definition) is 2. The zero-order valence-corrected chi connectivity index (χ0v) is 15.9. The van der Waals surface area contributed by atoms with E-state index >= 15 is 0 Å². The van der Waals surface area contributed by atoms with E-state index < -0.39 is 11.7 Å². The Hall–Kier alpha value is -2.05. The minimum Gasteiger partial charge on any atom is -0.354 e. The van der Waals surface area contributed by atoms with Crippen LogP contribution in [-0.4, -0.2) is 19.0 Å². The van der Waals surface area contributed by atoms with E-state index in [9.17, 15) is 18.0 Å². The lowest BCUT2D eigenvalue weighted by Gasteiger charge is -2.27. The predicted molar refractivity (Wildman–Crippen MR) is 103 cm³/mol. The summed E-state index contributed by atoms with van der Waals surface area (Å²) in [6.07, 6.45) is -2.79. The van der Waals surface area contributed by atoms with Gasteiger partial charge in [0, 0.05) is 18.5 Å². The molecule has 1 aliphatic carbocycles. The number of carbonyl (C=O) groups is 1. The molecule has 1 aliphatic heterocycles. The summed E-state index contributed by atoms with van der Waals surface area (Å²) in [4.78, 5) is 12.5. The van der Waals surface area contributed by atoms with Gasteiger partial charge < -0.3 is 10.6 Å². The minimum absolute atomic E-state index is 0. The summed E-state index contributed by atoms with van der Waals surface area (Å²) in [5, 5.41) is 6.39. The second-order valence-corrected chi connectivity index (χ2v) is 7.27. The van der Waals surface area contributed by atoms with Gasteiger partial charge in [0.1, 0.15) is 0 Å². The largest absolute Gasteiger partial charge is 0.416 e. The van der Waals surface area contributed by atoms with Crippen LogP contribution in [0, 0.1) is 5.92 Å². The number of rotatable bonds is 4. The number of amides is 1. The van der Waals surface area contributed by atoms with Crippen molar-refractivity contribution < 1.29 is 18.0 Å². The summed E-state index contributed by atoms with van der Waals surface area (Å²) in [5.41, 5.74) is 2.43. The summed E-state index contributed by atoms with van der Waals surface area (Å²) in [6.45, 7) is 1.36. The van der Waals surface area contributed by atoms with Crippen molar-refractivity contribution in [2.45, 2.75) is 31.0 Å². The fraction of sp³-hybridized carbons (Fsp3) is 0.381. The summed E-state index contributed by atoms with van der Waals surface area (Å²) >= 11 is 0. The molecular weight excluding hydrogens is 389 g/mol. The van der Waals surface area contributed by atoms with Crippen LogP contribution < -0.4 is 10.6 Å². The van der Waals surface area contributed by atoms with E-state index in [-0.39, 0.29) is 36.2 Å². The summed E-state index contributed by atoms with van der Waals surface area (Å²) < 4.78 is 38.6. The maximum absolute atomic E-state index is 12.9. The molecule has 0 spiro atoms. The zero-order chi connectivity index (χ0) is 19.0. The lowest BCUT2D eigenvalue weighted by Crippen LogP contribution is -2.39. The van der Waals surface area contributed by atoms with Gasteiger partial charge >= 0.3 is 6.18 Å². The van der Waals surface area contributed by atoms with Gasteiger partial charge in [-0.1, -0.05) is 42.5 Å². The molecule has 0 aromatic heterocycles. The van der Waals surface area contributed by atoms with Gasteiger partial charge in [-0.2, -0.15) is 13.2 Å². The van der Waals surface area contributed by atoms with Crippen molar-refractivity contribution in [3.63, 3.8) is 0 Å². The third kappa shape index (κ3) is 4.33. The average Bonchev–Trinajstić information content (AvgIpc) is 3.46. The van der Waals surface area contributed by atoms with Crippen LogP contribution in [0.2, 0.25) is 0 Å². The Kier molecular flexibility index (Phi) is 6.01. The van der Waals surface area contributed by atoms with Crippen molar-refractivity contribution in [1.82, 2.24) is 10.6 Å². The summed E-state index contributed by atoms with van der Waals surface area (Å²) in [5.74, 6) is -0.450. The Morgan fingerprint density at radius 1 is 1.14 bits per heavy atom. The zero-order valence-electron chi connectivity index (χ0n) is 15.1. The molecule has 4 rings (SSSR count). The SMILES string of the molecule is Cl.O=C(NCC1NCCc2ccccc21)C1CC1c1cccc(C(F)(F)F)c1. The Morgan fingerprint density at radius 2 is 1.93 bits per heavy atom. The number of hydrogen-bond donors (Lipinski definition) is 2. The normalized spacial score (nSPS) is 23.3. The van der Waals surface area contributed by atoms with E-state index in [1.54, 1.807) is 6.07 Å². The summed E-state index contributed by atoms with van der Waals surface area (Å²) in [6, 6.07) is 13.6. The van der Waals surface area contributed by atoms with Gasteiger partial charge in [-0.3, -0.25) is 4.79 Å². The van der Waals surface area contributed by atoms with Crippen LogP contribution in [0.15, 0.2) is 48.5 Å². The first-order chi connectivity index (χ1) is 12.9. The van der Waals surface area contributed by atoms with E-state index in [1.807, 2.05) is 12.1 Å². The maximum atomic E-state index is 12.9. The first-order valence-corrected chi connectivity index (χ1v) is 9.19. The van der Waals surface area contributed by atoms with Crippen LogP contribution >= 0.6 is 12.4 Å². The van der Waals surface area contributed by atoms with Crippen LogP contribution in [0.25, 0.3) is 0 Å². The van der Waals surface area contributed by atoms with Crippen LogP contribution in [0.3, 0.4) is 0 Å². The number of fused-ring (bicyclic) bond motifs is 1. The topological polar surface area (TPSA) is 41.1 Å². The second-order valence-electron chi connectivity index (χ2n) is 7.27. The fourth-order valence-electron chi connectivity index (χ4n) is 3.91. The number of nitrogens with one attached hydrogen (secondary N) is 2. The second kappa shape index (κ2) is 8.13. The standard InChI is InChI=1S/C21H21F3N2O.ClH/c22-21(23,24)15-6-3-5-14(10-15)17-11-18(17)20(27)26-12-19-16-7-2-1-4-13(16)8-9-25-19;/h1-7,10,17-19,25H,8-9,11-12H2,(H,26,27);1H. The van der Waals surface area contributed by atoms with Crippen molar-refractivity contribution >= 4 is 18.3 Å². The molecule has 0 radical (unpaired) electrons. The molecule has 1 saturated carbocycles. The molecule has 1 fully saturated rings. The Labute approximate surface area is 168 Å². The van der Waals surface area contributed by atoms with E-state index in [2.05, 4.69) is 22.8 Å². The monoisotopic (exact) mass is 410 g/mol. The molecule has 3 nitrogen and oxygen atoms in total. The molecule has 7 heteroatoms. The van der Waals surface area contributed by atoms with Crippen LogP contribution in [0.1, 0.15) is 40.6 Å². The molecule has 150 valence electrons. The van der Waals surface area contributed by atoms with Gasteiger partial charge in [0.15, 0.2) is 0 Å². The molecule has 1 heterocycles. The highest BCUT2D eigenvalue weighted by Crippen LogP contribution is 2.48. The number of alkyl halides is 3. The highest BCUT2D eigenvalue weighted by atomic mass is 35.5. The smallest absolute Gasteiger partial charge is 0.354 e. The Balaban J connectivity index is 0.00000225. The average molecular weight is 411 g/mol. The quantitative estimate of drug-likeness (QED) is 0.791. The molecule has 1 amide bonds. The lowest BCUT2D eigenvalue weighted by atomic mass is 9.94. The van der Waals surface area contributed by atoms with Gasteiger partial charge in [0.2, 0.25) is 5.91 Å². The first kappa shape index (κ1) is 20.7. The number of carbonyl (C=O) groups excluding carboxylic acids is 1. The molecule has 2 N–H and O–H groups in total. The van der Waals surface area contributed by atoms with Gasteiger partial charge in [0.25, 0.3) is 0 Å².